The van der Waals surface area contributed by atoms with Crippen molar-refractivity contribution >= 4 is 16.8 Å². The number of carbonyl (C=O) groups is 1. The van der Waals surface area contributed by atoms with Crippen LogP contribution in [0.3, 0.4) is 0 Å². The second-order valence-electron chi connectivity index (χ2n) is 8.68. The van der Waals surface area contributed by atoms with E-state index in [1.165, 1.54) is 0 Å². The summed E-state index contributed by atoms with van der Waals surface area (Å²) in [6.45, 7) is 4.96. The summed E-state index contributed by atoms with van der Waals surface area (Å²) in [4.78, 5) is 28.2. The number of nitrogens with zero attached hydrogens (tertiary/aromatic N) is 2. The van der Waals surface area contributed by atoms with Crippen molar-refractivity contribution in [1.82, 2.24) is 9.47 Å². The third-order valence-corrected chi connectivity index (χ3v) is 6.12. The van der Waals surface area contributed by atoms with Crippen molar-refractivity contribution in [3.8, 4) is 5.75 Å². The second-order valence-corrected chi connectivity index (χ2v) is 8.68. The van der Waals surface area contributed by atoms with Gasteiger partial charge in [0.2, 0.25) is 5.91 Å². The van der Waals surface area contributed by atoms with E-state index in [4.69, 9.17) is 4.74 Å². The quantitative estimate of drug-likeness (QED) is 0.681. The minimum Gasteiger partial charge on any atom is -0.497 e. The van der Waals surface area contributed by atoms with E-state index < -0.39 is 0 Å². The average Bonchev–Trinajstić information content (AvgIpc) is 3.26. The number of aromatic nitrogens is 1. The number of benzene rings is 1. The van der Waals surface area contributed by atoms with Crippen LogP contribution in [0.2, 0.25) is 0 Å². The first-order valence-corrected chi connectivity index (χ1v) is 11.0. The Hall–Kier alpha value is -2.34. The predicted octanol–water partition coefficient (Wildman–Crippen LogP) is 3.53. The first kappa shape index (κ1) is 22.3. The van der Waals surface area contributed by atoms with Gasteiger partial charge in [0.25, 0.3) is 5.56 Å². The molecule has 30 heavy (non-hydrogen) atoms. The first-order chi connectivity index (χ1) is 14.4. The van der Waals surface area contributed by atoms with Crippen LogP contribution in [0.1, 0.15) is 57.4 Å². The van der Waals surface area contributed by atoms with Gasteiger partial charge in [-0.25, -0.2) is 0 Å². The molecule has 1 saturated carbocycles. The third kappa shape index (κ3) is 5.04. The maximum atomic E-state index is 13.5. The average molecular weight is 415 g/mol. The van der Waals surface area contributed by atoms with Gasteiger partial charge < -0.3 is 14.7 Å². The van der Waals surface area contributed by atoms with Crippen LogP contribution >= 0.6 is 0 Å². The van der Waals surface area contributed by atoms with Crippen molar-refractivity contribution in [3.05, 3.63) is 40.2 Å². The normalized spacial score (nSPS) is 14.6. The lowest BCUT2D eigenvalue weighted by Gasteiger charge is -2.24. The zero-order chi connectivity index (χ0) is 21.7. The number of amides is 1. The van der Waals surface area contributed by atoms with E-state index in [1.807, 2.05) is 24.3 Å². The van der Waals surface area contributed by atoms with Gasteiger partial charge >= 0.3 is 0 Å². The van der Waals surface area contributed by atoms with Crippen LogP contribution in [0.25, 0.3) is 10.9 Å². The Morgan fingerprint density at radius 2 is 1.97 bits per heavy atom. The fourth-order valence-corrected chi connectivity index (χ4v) is 4.32. The van der Waals surface area contributed by atoms with Gasteiger partial charge in [-0.15, -0.1) is 0 Å². The number of rotatable bonds is 9. The molecule has 1 aliphatic rings. The molecule has 0 bridgehead atoms. The molecule has 0 aliphatic heterocycles. The molecular weight excluding hydrogens is 380 g/mol. The van der Waals surface area contributed by atoms with Gasteiger partial charge in [0.05, 0.1) is 19.2 Å². The van der Waals surface area contributed by atoms with E-state index in [1.54, 1.807) is 16.6 Å². The van der Waals surface area contributed by atoms with Gasteiger partial charge in [0.1, 0.15) is 12.3 Å². The maximum Gasteiger partial charge on any atom is 0.255 e. The molecule has 0 saturated heterocycles. The minimum absolute atomic E-state index is 0.0266. The third-order valence-electron chi connectivity index (χ3n) is 6.12. The highest BCUT2D eigenvalue weighted by Crippen LogP contribution is 2.34. The fourth-order valence-electron chi connectivity index (χ4n) is 4.32. The molecular formula is C24H34N2O4. The molecule has 0 atom stereocenters. The molecule has 0 unspecified atom stereocenters. The standard InChI is InChI=1S/C24H34N2O4/c1-17(2)10-11-25(12-13-27)23(28)16-26-22-15-20(30-3)9-8-19(22)14-21(24(26)29)18-6-4-5-7-18/h8-9,14-15,17-18,27H,4-7,10-13,16H2,1-3H3. The lowest BCUT2D eigenvalue weighted by Crippen LogP contribution is -2.39. The Balaban J connectivity index is 2.01. The lowest BCUT2D eigenvalue weighted by atomic mass is 9.97. The van der Waals surface area contributed by atoms with Crippen LogP contribution in [0.5, 0.6) is 5.75 Å². The molecule has 1 fully saturated rings. The van der Waals surface area contributed by atoms with E-state index >= 15 is 0 Å². The highest BCUT2D eigenvalue weighted by Gasteiger charge is 2.24. The summed E-state index contributed by atoms with van der Waals surface area (Å²) in [6.07, 6.45) is 5.19. The SMILES string of the molecule is COc1ccc2cc(C3CCCC3)c(=O)n(CC(=O)N(CCO)CCC(C)C)c2c1. The van der Waals surface area contributed by atoms with Crippen LogP contribution in [0, 0.1) is 5.92 Å². The number of pyridine rings is 1. The maximum absolute atomic E-state index is 13.5. The van der Waals surface area contributed by atoms with E-state index in [-0.39, 0.29) is 37.1 Å². The molecule has 2 aromatic rings. The minimum atomic E-state index is -0.139. The monoisotopic (exact) mass is 414 g/mol. The molecule has 1 aromatic heterocycles. The molecule has 1 amide bonds. The van der Waals surface area contributed by atoms with Gasteiger partial charge in [-0.2, -0.15) is 0 Å². The summed E-state index contributed by atoms with van der Waals surface area (Å²) in [5.41, 5.74) is 1.44. The van der Waals surface area contributed by atoms with Gasteiger partial charge in [0.15, 0.2) is 0 Å². The molecule has 6 nitrogen and oxygen atoms in total. The zero-order valence-corrected chi connectivity index (χ0v) is 18.4. The van der Waals surface area contributed by atoms with Gasteiger partial charge in [-0.05, 0) is 54.7 Å². The van der Waals surface area contributed by atoms with Gasteiger partial charge in [-0.3, -0.25) is 14.2 Å². The summed E-state index contributed by atoms with van der Waals surface area (Å²) >= 11 is 0. The number of aliphatic hydroxyl groups excluding tert-OH is 1. The summed E-state index contributed by atoms with van der Waals surface area (Å²) in [7, 11) is 1.59. The summed E-state index contributed by atoms with van der Waals surface area (Å²) in [5.74, 6) is 1.24. The molecule has 0 radical (unpaired) electrons. The van der Waals surface area contributed by atoms with E-state index in [2.05, 4.69) is 13.8 Å². The number of hydrogen-bond donors (Lipinski definition) is 1. The molecule has 3 rings (SSSR count). The lowest BCUT2D eigenvalue weighted by molar-refractivity contribution is -0.132. The van der Waals surface area contributed by atoms with Crippen molar-refractivity contribution < 1.29 is 14.6 Å². The number of hydrogen-bond acceptors (Lipinski definition) is 4. The Bertz CT molecular complexity index is 929. The number of methoxy groups -OCH3 is 1. The Morgan fingerprint density at radius 3 is 2.60 bits per heavy atom. The van der Waals surface area contributed by atoms with Gasteiger partial charge in [-0.1, -0.05) is 26.7 Å². The van der Waals surface area contributed by atoms with Crippen LogP contribution in [0.15, 0.2) is 29.1 Å². The van der Waals surface area contributed by atoms with Gasteiger partial charge in [0, 0.05) is 24.7 Å². The molecule has 6 heteroatoms. The van der Waals surface area contributed by atoms with Crippen molar-refractivity contribution in [2.45, 2.75) is 58.4 Å². The highest BCUT2D eigenvalue weighted by molar-refractivity contribution is 5.84. The summed E-state index contributed by atoms with van der Waals surface area (Å²) < 4.78 is 6.96. The summed E-state index contributed by atoms with van der Waals surface area (Å²) in [6, 6.07) is 7.67. The Morgan fingerprint density at radius 1 is 1.23 bits per heavy atom. The number of ether oxygens (including phenoxy) is 1. The zero-order valence-electron chi connectivity index (χ0n) is 18.4. The van der Waals surface area contributed by atoms with E-state index in [0.29, 0.717) is 23.7 Å². The van der Waals surface area contributed by atoms with Crippen molar-refractivity contribution in [1.29, 1.82) is 0 Å². The van der Waals surface area contributed by atoms with Crippen LogP contribution in [0.4, 0.5) is 0 Å². The number of fused-ring (bicyclic) bond motifs is 1. The predicted molar refractivity (Wildman–Crippen MR) is 119 cm³/mol. The molecule has 1 N–H and O–H groups in total. The van der Waals surface area contributed by atoms with Crippen LogP contribution in [-0.2, 0) is 11.3 Å². The first-order valence-electron chi connectivity index (χ1n) is 11.0. The van der Waals surface area contributed by atoms with Crippen LogP contribution < -0.4 is 10.3 Å². The summed E-state index contributed by atoms with van der Waals surface area (Å²) in [5, 5.41) is 10.4. The molecule has 1 aliphatic carbocycles. The topological polar surface area (TPSA) is 71.8 Å². The highest BCUT2D eigenvalue weighted by atomic mass is 16.5. The number of aliphatic hydroxyl groups is 1. The Kier molecular flexibility index (Phi) is 7.53. The molecule has 1 aromatic carbocycles. The van der Waals surface area contributed by atoms with Crippen LogP contribution in [-0.4, -0.2) is 47.3 Å². The van der Waals surface area contributed by atoms with Crippen molar-refractivity contribution in [3.63, 3.8) is 0 Å². The van der Waals surface area contributed by atoms with Crippen molar-refractivity contribution in [2.75, 3.05) is 26.8 Å². The second kappa shape index (κ2) is 10.1. The fraction of sp³-hybridized carbons (Fsp3) is 0.583. The van der Waals surface area contributed by atoms with E-state index in [9.17, 15) is 14.7 Å². The van der Waals surface area contributed by atoms with Crippen molar-refractivity contribution in [2.24, 2.45) is 5.92 Å². The molecule has 0 spiro atoms. The molecule has 164 valence electrons. The Labute approximate surface area is 178 Å². The molecule has 1 heterocycles. The largest absolute Gasteiger partial charge is 0.497 e. The van der Waals surface area contributed by atoms with E-state index in [0.717, 1.165) is 43.1 Å². The smallest absolute Gasteiger partial charge is 0.255 e. The number of carbonyl (C=O) groups excluding carboxylic acids is 1.